The summed E-state index contributed by atoms with van der Waals surface area (Å²) < 4.78 is 4.94. The van der Waals surface area contributed by atoms with Crippen molar-refractivity contribution in [3.05, 3.63) is 28.3 Å². The van der Waals surface area contributed by atoms with E-state index in [9.17, 15) is 10.1 Å². The lowest BCUT2D eigenvalue weighted by Gasteiger charge is -2.10. The van der Waals surface area contributed by atoms with Crippen LogP contribution in [0.3, 0.4) is 0 Å². The van der Waals surface area contributed by atoms with E-state index in [-0.39, 0.29) is 24.6 Å². The van der Waals surface area contributed by atoms with Crippen LogP contribution in [0.15, 0.2) is 18.2 Å². The molecule has 17 heavy (non-hydrogen) atoms. The minimum Gasteiger partial charge on any atom is -0.465 e. The number of hydrogen-bond donors (Lipinski definition) is 3. The third-order valence-corrected chi connectivity index (χ3v) is 1.90. The quantitative estimate of drug-likeness (QED) is 0.385. The Labute approximate surface area is 97.8 Å². The molecule has 1 aromatic rings. The van der Waals surface area contributed by atoms with Gasteiger partial charge in [-0.2, -0.15) is 0 Å². The maximum atomic E-state index is 10.8. The first-order chi connectivity index (χ1) is 8.04. The first-order valence-corrected chi connectivity index (χ1v) is 5.02. The highest BCUT2D eigenvalue weighted by Gasteiger charge is 2.15. The molecular weight excluding hydrogens is 228 g/mol. The fraction of sp³-hybridized carbons (Fsp3) is 0.400. The van der Waals surface area contributed by atoms with Gasteiger partial charge >= 0.3 is 0 Å². The Morgan fingerprint density at radius 2 is 2.29 bits per heavy atom. The lowest BCUT2D eigenvalue weighted by atomic mass is 10.2. The highest BCUT2D eigenvalue weighted by atomic mass is 16.6. The van der Waals surface area contributed by atoms with Crippen LogP contribution >= 0.6 is 0 Å². The largest absolute Gasteiger partial charge is 0.465 e. The van der Waals surface area contributed by atoms with E-state index in [1.54, 1.807) is 0 Å². The lowest BCUT2D eigenvalue weighted by Crippen LogP contribution is -2.11. The molecule has 0 radical (unpaired) electrons. The molecule has 0 bridgehead atoms. The molecule has 0 heterocycles. The van der Waals surface area contributed by atoms with Gasteiger partial charge in [-0.15, -0.1) is 0 Å². The Kier molecular flexibility index (Phi) is 4.68. The fourth-order valence-electron chi connectivity index (χ4n) is 1.27. The number of hydrogen-bond acceptors (Lipinski definition) is 6. The normalized spacial score (nSPS) is 11.9. The molecule has 1 unspecified atom stereocenters. The maximum absolute atomic E-state index is 10.8. The molecule has 1 aromatic carbocycles. The first-order valence-electron chi connectivity index (χ1n) is 5.02. The average Bonchev–Trinajstić information content (AvgIpc) is 2.26. The number of nitro benzene ring substituents is 1. The van der Waals surface area contributed by atoms with Crippen LogP contribution in [-0.2, 0) is 0 Å². The van der Waals surface area contributed by atoms with Crippen molar-refractivity contribution in [1.82, 2.24) is 0 Å². The average molecular weight is 242 g/mol. The van der Waals surface area contributed by atoms with E-state index in [0.717, 1.165) is 0 Å². The van der Waals surface area contributed by atoms with Gasteiger partial charge in [0, 0.05) is 6.54 Å². The SMILES string of the molecule is CC(O)Oc1ccc(NCCO)c([N+](=O)[O-])c1. The Bertz CT molecular complexity index is 394. The second kappa shape index (κ2) is 6.02. The minimum absolute atomic E-state index is 0.122. The molecular formula is C10H14N2O5. The number of benzene rings is 1. The molecule has 0 amide bonds. The van der Waals surface area contributed by atoms with E-state index >= 15 is 0 Å². The van der Waals surface area contributed by atoms with Gasteiger partial charge in [-0.25, -0.2) is 0 Å². The number of nitrogens with zero attached hydrogens (tertiary/aromatic N) is 1. The summed E-state index contributed by atoms with van der Waals surface area (Å²) in [5.41, 5.74) is 0.124. The molecule has 1 rings (SSSR count). The second-order valence-electron chi connectivity index (χ2n) is 3.30. The minimum atomic E-state index is -1.04. The van der Waals surface area contributed by atoms with Crippen molar-refractivity contribution < 1.29 is 19.9 Å². The maximum Gasteiger partial charge on any atom is 0.296 e. The van der Waals surface area contributed by atoms with Crippen LogP contribution in [0.2, 0.25) is 0 Å². The fourth-order valence-corrected chi connectivity index (χ4v) is 1.27. The molecule has 0 spiro atoms. The van der Waals surface area contributed by atoms with Crippen molar-refractivity contribution in [2.75, 3.05) is 18.5 Å². The van der Waals surface area contributed by atoms with Gasteiger partial charge in [0.25, 0.3) is 5.69 Å². The van der Waals surface area contributed by atoms with Crippen LogP contribution in [0.1, 0.15) is 6.92 Å². The van der Waals surface area contributed by atoms with Crippen LogP contribution in [0.5, 0.6) is 5.75 Å². The summed E-state index contributed by atoms with van der Waals surface area (Å²) in [5, 5.41) is 31.2. The number of nitrogens with one attached hydrogen (secondary N) is 1. The Morgan fingerprint density at radius 3 is 2.82 bits per heavy atom. The smallest absolute Gasteiger partial charge is 0.296 e. The summed E-state index contributed by atoms with van der Waals surface area (Å²) >= 11 is 0. The highest BCUT2D eigenvalue weighted by Crippen LogP contribution is 2.29. The van der Waals surface area contributed by atoms with E-state index < -0.39 is 11.2 Å². The number of aliphatic hydroxyl groups is 2. The molecule has 0 saturated heterocycles. The molecule has 94 valence electrons. The molecule has 0 aliphatic heterocycles. The topological polar surface area (TPSA) is 105 Å². The molecule has 0 aliphatic carbocycles. The summed E-state index contributed by atoms with van der Waals surface area (Å²) in [5.74, 6) is 0.209. The molecule has 0 aliphatic rings. The van der Waals surface area contributed by atoms with E-state index in [1.165, 1.54) is 25.1 Å². The van der Waals surface area contributed by atoms with Gasteiger partial charge in [-0.3, -0.25) is 10.1 Å². The summed E-state index contributed by atoms with van der Waals surface area (Å²) in [6.07, 6.45) is -1.04. The molecule has 0 fully saturated rings. The summed E-state index contributed by atoms with van der Waals surface area (Å²) in [6.45, 7) is 1.50. The number of aliphatic hydroxyl groups excluding tert-OH is 2. The zero-order valence-electron chi connectivity index (χ0n) is 9.29. The molecule has 0 aromatic heterocycles. The Hall–Kier alpha value is -1.86. The third-order valence-electron chi connectivity index (χ3n) is 1.90. The van der Waals surface area contributed by atoms with Gasteiger partial charge < -0.3 is 20.3 Å². The number of ether oxygens (including phenoxy) is 1. The Balaban J connectivity index is 2.95. The van der Waals surface area contributed by atoms with Gasteiger partial charge in [0.1, 0.15) is 11.4 Å². The van der Waals surface area contributed by atoms with Crippen molar-refractivity contribution in [1.29, 1.82) is 0 Å². The molecule has 7 nitrogen and oxygen atoms in total. The lowest BCUT2D eigenvalue weighted by molar-refractivity contribution is -0.384. The van der Waals surface area contributed by atoms with E-state index in [2.05, 4.69) is 5.32 Å². The van der Waals surface area contributed by atoms with Crippen molar-refractivity contribution in [3.63, 3.8) is 0 Å². The van der Waals surface area contributed by atoms with Crippen molar-refractivity contribution in [2.24, 2.45) is 0 Å². The summed E-state index contributed by atoms with van der Waals surface area (Å²) in [4.78, 5) is 10.2. The number of anilines is 1. The predicted molar refractivity (Wildman–Crippen MR) is 61.0 cm³/mol. The molecule has 7 heteroatoms. The summed E-state index contributed by atoms with van der Waals surface area (Å²) in [7, 11) is 0. The first kappa shape index (κ1) is 13.2. The van der Waals surface area contributed by atoms with Gasteiger partial charge in [0.2, 0.25) is 0 Å². The van der Waals surface area contributed by atoms with Crippen LogP contribution in [-0.4, -0.2) is 34.6 Å². The standard InChI is InChI=1S/C10H14N2O5/c1-7(14)17-8-2-3-9(11-4-5-13)10(6-8)12(15)16/h2-3,6-7,11,13-14H,4-5H2,1H3. The number of nitro groups is 1. The molecule has 0 saturated carbocycles. The van der Waals surface area contributed by atoms with Gasteiger partial charge in [0.05, 0.1) is 17.6 Å². The van der Waals surface area contributed by atoms with E-state index in [1.807, 2.05) is 0 Å². The summed E-state index contributed by atoms with van der Waals surface area (Å²) in [6, 6.07) is 4.18. The van der Waals surface area contributed by atoms with Crippen LogP contribution in [0, 0.1) is 10.1 Å². The third kappa shape index (κ3) is 3.89. The van der Waals surface area contributed by atoms with Gasteiger partial charge in [-0.1, -0.05) is 0 Å². The number of rotatable bonds is 6. The van der Waals surface area contributed by atoms with Crippen molar-refractivity contribution in [2.45, 2.75) is 13.2 Å². The van der Waals surface area contributed by atoms with Crippen LogP contribution < -0.4 is 10.1 Å². The van der Waals surface area contributed by atoms with E-state index in [4.69, 9.17) is 14.9 Å². The zero-order valence-corrected chi connectivity index (χ0v) is 9.29. The van der Waals surface area contributed by atoms with Gasteiger partial charge in [-0.05, 0) is 19.1 Å². The van der Waals surface area contributed by atoms with Gasteiger partial charge in [0.15, 0.2) is 6.29 Å². The monoisotopic (exact) mass is 242 g/mol. The Morgan fingerprint density at radius 1 is 1.59 bits per heavy atom. The molecule has 3 N–H and O–H groups in total. The van der Waals surface area contributed by atoms with Crippen molar-refractivity contribution >= 4 is 11.4 Å². The van der Waals surface area contributed by atoms with Crippen LogP contribution in [0.4, 0.5) is 11.4 Å². The zero-order chi connectivity index (χ0) is 12.8. The second-order valence-corrected chi connectivity index (χ2v) is 3.30. The van der Waals surface area contributed by atoms with Crippen LogP contribution in [0.25, 0.3) is 0 Å². The predicted octanol–water partition coefficient (Wildman–Crippen LogP) is 0.716. The van der Waals surface area contributed by atoms with E-state index in [0.29, 0.717) is 5.69 Å². The molecule has 1 atom stereocenters. The highest BCUT2D eigenvalue weighted by molar-refractivity contribution is 5.63. The van der Waals surface area contributed by atoms with Crippen molar-refractivity contribution in [3.8, 4) is 5.75 Å².